The lowest BCUT2D eigenvalue weighted by molar-refractivity contribution is -0.119. The monoisotopic (exact) mass is 344 g/mol. The zero-order valence-corrected chi connectivity index (χ0v) is 13.8. The van der Waals surface area contributed by atoms with Crippen LogP contribution in [0.4, 0.5) is 0 Å². The van der Waals surface area contributed by atoms with Gasteiger partial charge in [-0.3, -0.25) is 14.6 Å². The standard InChI is InChI=1S/C20H16N4O2/c21-12-14-5-3-4-13(10-14)11-18(19(22)25)24-20(26)16-8-9-23-17-7-2-1-6-15(16)17/h1-10,18H,11H2,(H2,22,25)(H,24,26)/t18-/m1/s1. The van der Waals surface area contributed by atoms with Crippen LogP contribution >= 0.6 is 0 Å². The van der Waals surface area contributed by atoms with Crippen LogP contribution in [0.5, 0.6) is 0 Å². The van der Waals surface area contributed by atoms with Gasteiger partial charge in [0.05, 0.1) is 22.7 Å². The molecule has 0 radical (unpaired) electrons. The minimum atomic E-state index is -0.886. The summed E-state index contributed by atoms with van der Waals surface area (Å²) in [6.07, 6.45) is 1.76. The van der Waals surface area contributed by atoms with Crippen LogP contribution in [0.2, 0.25) is 0 Å². The first kappa shape index (κ1) is 17.1. The molecule has 0 aliphatic rings. The Labute approximate surface area is 150 Å². The molecule has 26 heavy (non-hydrogen) atoms. The van der Waals surface area contributed by atoms with Gasteiger partial charge in [-0.2, -0.15) is 5.26 Å². The molecular weight excluding hydrogens is 328 g/mol. The highest BCUT2D eigenvalue weighted by atomic mass is 16.2. The molecule has 2 aromatic carbocycles. The predicted octanol–water partition coefficient (Wildman–Crippen LogP) is 1.93. The fraction of sp³-hybridized carbons (Fsp3) is 0.100. The van der Waals surface area contributed by atoms with E-state index in [2.05, 4.69) is 10.3 Å². The highest BCUT2D eigenvalue weighted by Crippen LogP contribution is 2.16. The van der Waals surface area contributed by atoms with E-state index in [0.717, 1.165) is 5.56 Å². The van der Waals surface area contributed by atoms with Gasteiger partial charge in [0.2, 0.25) is 5.91 Å². The van der Waals surface area contributed by atoms with Gasteiger partial charge >= 0.3 is 0 Å². The minimum absolute atomic E-state index is 0.208. The molecule has 128 valence electrons. The highest BCUT2D eigenvalue weighted by Gasteiger charge is 2.21. The summed E-state index contributed by atoms with van der Waals surface area (Å²) in [4.78, 5) is 28.7. The molecule has 0 saturated heterocycles. The second kappa shape index (κ2) is 7.45. The number of fused-ring (bicyclic) bond motifs is 1. The van der Waals surface area contributed by atoms with E-state index in [1.165, 1.54) is 0 Å². The SMILES string of the molecule is N#Cc1cccc(C[C@@H](NC(=O)c2ccnc3ccccc23)C(N)=O)c1. The summed E-state index contributed by atoms with van der Waals surface area (Å²) < 4.78 is 0. The second-order valence-corrected chi connectivity index (χ2v) is 5.82. The molecule has 0 fully saturated rings. The van der Waals surface area contributed by atoms with E-state index in [0.29, 0.717) is 22.0 Å². The third kappa shape index (κ3) is 3.68. The topological polar surface area (TPSA) is 109 Å². The van der Waals surface area contributed by atoms with Gasteiger partial charge in [-0.25, -0.2) is 0 Å². The van der Waals surface area contributed by atoms with Crippen LogP contribution in [-0.4, -0.2) is 22.8 Å². The van der Waals surface area contributed by atoms with Gasteiger partial charge in [0.15, 0.2) is 0 Å². The van der Waals surface area contributed by atoms with E-state index in [1.54, 1.807) is 42.6 Å². The van der Waals surface area contributed by atoms with Crippen LogP contribution < -0.4 is 11.1 Å². The Hall–Kier alpha value is -3.72. The molecule has 6 heteroatoms. The van der Waals surface area contributed by atoms with Gasteiger partial charge in [-0.15, -0.1) is 0 Å². The Bertz CT molecular complexity index is 1020. The van der Waals surface area contributed by atoms with Gasteiger partial charge in [-0.1, -0.05) is 30.3 Å². The van der Waals surface area contributed by atoms with Crippen molar-refractivity contribution in [3.63, 3.8) is 0 Å². The summed E-state index contributed by atoms with van der Waals surface area (Å²) in [6.45, 7) is 0. The normalized spacial score (nSPS) is 11.5. The number of pyridine rings is 1. The van der Waals surface area contributed by atoms with Crippen molar-refractivity contribution in [1.82, 2.24) is 10.3 Å². The Balaban J connectivity index is 1.84. The number of nitrogens with two attached hydrogens (primary N) is 1. The second-order valence-electron chi connectivity index (χ2n) is 5.82. The first-order valence-electron chi connectivity index (χ1n) is 8.01. The smallest absolute Gasteiger partial charge is 0.252 e. The zero-order valence-electron chi connectivity index (χ0n) is 13.8. The average molecular weight is 344 g/mol. The molecule has 2 amide bonds. The van der Waals surface area contributed by atoms with Crippen LogP contribution in [0.15, 0.2) is 60.8 Å². The van der Waals surface area contributed by atoms with Crippen LogP contribution in [0, 0.1) is 11.3 Å². The first-order chi connectivity index (χ1) is 12.6. The number of amides is 2. The molecule has 0 bridgehead atoms. The fourth-order valence-electron chi connectivity index (χ4n) is 2.76. The number of carbonyl (C=O) groups excluding carboxylic acids is 2. The molecule has 0 aliphatic heterocycles. The highest BCUT2D eigenvalue weighted by molar-refractivity contribution is 6.07. The Morgan fingerprint density at radius 3 is 2.73 bits per heavy atom. The van der Waals surface area contributed by atoms with Crippen molar-refractivity contribution in [1.29, 1.82) is 5.26 Å². The summed E-state index contributed by atoms with van der Waals surface area (Å²) in [5, 5.41) is 12.4. The summed E-state index contributed by atoms with van der Waals surface area (Å²) in [6, 6.07) is 16.9. The van der Waals surface area contributed by atoms with Gasteiger partial charge in [0.25, 0.3) is 5.91 Å². The van der Waals surface area contributed by atoms with Gasteiger partial charge in [0.1, 0.15) is 6.04 Å². The molecule has 0 aliphatic carbocycles. The van der Waals surface area contributed by atoms with Gasteiger partial charge < -0.3 is 11.1 Å². The number of nitrogens with zero attached hydrogens (tertiary/aromatic N) is 2. The molecule has 0 unspecified atom stereocenters. The van der Waals surface area contributed by atoms with Crippen molar-refractivity contribution < 1.29 is 9.59 Å². The lowest BCUT2D eigenvalue weighted by atomic mass is 10.0. The number of hydrogen-bond acceptors (Lipinski definition) is 4. The number of benzene rings is 2. The summed E-state index contributed by atoms with van der Waals surface area (Å²) in [5.41, 5.74) is 7.81. The molecule has 0 saturated carbocycles. The van der Waals surface area contributed by atoms with Crippen molar-refractivity contribution in [3.05, 3.63) is 77.5 Å². The van der Waals surface area contributed by atoms with Crippen molar-refractivity contribution >= 4 is 22.7 Å². The lowest BCUT2D eigenvalue weighted by Gasteiger charge is -2.16. The van der Waals surface area contributed by atoms with Gasteiger partial charge in [0, 0.05) is 18.0 Å². The first-order valence-corrected chi connectivity index (χ1v) is 8.01. The van der Waals surface area contributed by atoms with E-state index in [-0.39, 0.29) is 6.42 Å². The summed E-state index contributed by atoms with van der Waals surface area (Å²) >= 11 is 0. The van der Waals surface area contributed by atoms with Crippen molar-refractivity contribution in [2.45, 2.75) is 12.5 Å². The van der Waals surface area contributed by atoms with E-state index in [4.69, 9.17) is 11.0 Å². The summed E-state index contributed by atoms with van der Waals surface area (Å²) in [7, 11) is 0. The fourth-order valence-corrected chi connectivity index (χ4v) is 2.76. The maximum absolute atomic E-state index is 12.7. The lowest BCUT2D eigenvalue weighted by Crippen LogP contribution is -2.45. The van der Waals surface area contributed by atoms with E-state index in [9.17, 15) is 9.59 Å². The number of primary amides is 1. The van der Waals surface area contributed by atoms with Crippen molar-refractivity contribution in [2.75, 3.05) is 0 Å². The molecule has 3 N–H and O–H groups in total. The predicted molar refractivity (Wildman–Crippen MR) is 97.1 cm³/mol. The van der Waals surface area contributed by atoms with E-state index >= 15 is 0 Å². The Morgan fingerprint density at radius 1 is 1.15 bits per heavy atom. The quantitative estimate of drug-likeness (QED) is 0.737. The molecule has 0 spiro atoms. The summed E-state index contributed by atoms with van der Waals surface area (Å²) in [5.74, 6) is -1.04. The number of para-hydroxylation sites is 1. The van der Waals surface area contributed by atoms with E-state index in [1.807, 2.05) is 24.3 Å². The third-order valence-corrected chi connectivity index (χ3v) is 4.04. The molecule has 1 aromatic heterocycles. The molecule has 3 rings (SSSR count). The van der Waals surface area contributed by atoms with Crippen molar-refractivity contribution in [3.8, 4) is 6.07 Å². The van der Waals surface area contributed by atoms with E-state index < -0.39 is 17.9 Å². The number of aromatic nitrogens is 1. The maximum atomic E-state index is 12.7. The number of nitrogens with one attached hydrogen (secondary N) is 1. The Morgan fingerprint density at radius 2 is 1.96 bits per heavy atom. The van der Waals surface area contributed by atoms with Crippen molar-refractivity contribution in [2.24, 2.45) is 5.73 Å². The largest absolute Gasteiger partial charge is 0.368 e. The molecule has 6 nitrogen and oxygen atoms in total. The third-order valence-electron chi connectivity index (χ3n) is 4.04. The number of hydrogen-bond donors (Lipinski definition) is 2. The van der Waals surface area contributed by atoms with Crippen LogP contribution in [0.25, 0.3) is 10.9 Å². The number of rotatable bonds is 5. The molecular formula is C20H16N4O2. The zero-order chi connectivity index (χ0) is 18.5. The maximum Gasteiger partial charge on any atom is 0.252 e. The number of nitriles is 1. The molecule has 3 aromatic rings. The van der Waals surface area contributed by atoms with Gasteiger partial charge in [-0.05, 0) is 29.8 Å². The molecule has 1 atom stereocenters. The van der Waals surface area contributed by atoms with Crippen LogP contribution in [-0.2, 0) is 11.2 Å². The minimum Gasteiger partial charge on any atom is -0.368 e. The average Bonchev–Trinajstić information content (AvgIpc) is 2.67. The van der Waals surface area contributed by atoms with Crippen LogP contribution in [0.3, 0.4) is 0 Å². The Kier molecular flexibility index (Phi) is 4.90. The molecule has 1 heterocycles. The van der Waals surface area contributed by atoms with Crippen LogP contribution in [0.1, 0.15) is 21.5 Å². The number of carbonyl (C=O) groups is 2.